The fraction of sp³-hybridized carbons (Fsp3) is 0.562. The topological polar surface area (TPSA) is 36.4 Å². The Bertz CT molecular complexity index is 520. The lowest BCUT2D eigenvalue weighted by Crippen LogP contribution is -2.45. The zero-order valence-electron chi connectivity index (χ0n) is 13.0. The standard InChI is InChI=1S/C16H21BrF3N3/c1-21-15(22-10-11-2-6-13(17)7-3-11)23-14-8-4-12(5-9-14)16(18,19)20/h2-3,6-7,12,14H,4-5,8-10H2,1H3,(H2,21,22,23). The van der Waals surface area contributed by atoms with Crippen molar-refractivity contribution in [3.05, 3.63) is 34.3 Å². The van der Waals surface area contributed by atoms with Gasteiger partial charge in [0.1, 0.15) is 0 Å². The van der Waals surface area contributed by atoms with Crippen molar-refractivity contribution in [1.82, 2.24) is 10.6 Å². The van der Waals surface area contributed by atoms with Gasteiger partial charge in [0.05, 0.1) is 5.92 Å². The van der Waals surface area contributed by atoms with Crippen LogP contribution in [-0.4, -0.2) is 25.2 Å². The van der Waals surface area contributed by atoms with Gasteiger partial charge in [-0.15, -0.1) is 0 Å². The first-order valence-corrected chi connectivity index (χ1v) is 8.46. The predicted molar refractivity (Wildman–Crippen MR) is 89.3 cm³/mol. The average Bonchev–Trinajstić information content (AvgIpc) is 2.52. The van der Waals surface area contributed by atoms with E-state index in [0.29, 0.717) is 25.3 Å². The van der Waals surface area contributed by atoms with Gasteiger partial charge in [-0.1, -0.05) is 28.1 Å². The molecule has 0 unspecified atom stereocenters. The summed E-state index contributed by atoms with van der Waals surface area (Å²) in [4.78, 5) is 4.15. The number of hydrogen-bond acceptors (Lipinski definition) is 1. The number of hydrogen-bond donors (Lipinski definition) is 2. The molecule has 2 rings (SSSR count). The number of alkyl halides is 3. The van der Waals surface area contributed by atoms with E-state index in [2.05, 4.69) is 31.6 Å². The van der Waals surface area contributed by atoms with Crippen molar-refractivity contribution in [2.24, 2.45) is 10.9 Å². The van der Waals surface area contributed by atoms with Gasteiger partial charge in [0.15, 0.2) is 5.96 Å². The van der Waals surface area contributed by atoms with Gasteiger partial charge in [-0.25, -0.2) is 0 Å². The Balaban J connectivity index is 1.78. The first-order chi connectivity index (χ1) is 10.9. The zero-order valence-corrected chi connectivity index (χ0v) is 14.5. The van der Waals surface area contributed by atoms with Crippen molar-refractivity contribution in [3.63, 3.8) is 0 Å². The van der Waals surface area contributed by atoms with Crippen LogP contribution in [0.15, 0.2) is 33.7 Å². The molecule has 0 radical (unpaired) electrons. The van der Waals surface area contributed by atoms with Crippen LogP contribution in [0.5, 0.6) is 0 Å². The molecule has 3 nitrogen and oxygen atoms in total. The largest absolute Gasteiger partial charge is 0.391 e. The Hall–Kier alpha value is -1.24. The van der Waals surface area contributed by atoms with E-state index in [1.54, 1.807) is 7.05 Å². The van der Waals surface area contributed by atoms with Crippen molar-refractivity contribution < 1.29 is 13.2 Å². The molecular formula is C16H21BrF3N3. The highest BCUT2D eigenvalue weighted by Crippen LogP contribution is 2.37. The molecule has 23 heavy (non-hydrogen) atoms. The van der Waals surface area contributed by atoms with Gasteiger partial charge in [-0.2, -0.15) is 13.2 Å². The van der Waals surface area contributed by atoms with E-state index in [4.69, 9.17) is 0 Å². The zero-order chi connectivity index (χ0) is 16.9. The fourth-order valence-electron chi connectivity index (χ4n) is 2.74. The van der Waals surface area contributed by atoms with Gasteiger partial charge < -0.3 is 10.6 Å². The fourth-order valence-corrected chi connectivity index (χ4v) is 3.01. The molecule has 1 aromatic rings. The average molecular weight is 392 g/mol. The molecule has 7 heteroatoms. The third kappa shape index (κ3) is 5.71. The van der Waals surface area contributed by atoms with Crippen LogP contribution >= 0.6 is 15.9 Å². The minimum Gasteiger partial charge on any atom is -0.354 e. The van der Waals surface area contributed by atoms with Crippen LogP contribution in [0.2, 0.25) is 0 Å². The number of aliphatic imine (C=N–C) groups is 1. The molecule has 0 spiro atoms. The Morgan fingerprint density at radius 1 is 1.17 bits per heavy atom. The Kier molecular flexibility index (Phi) is 6.33. The summed E-state index contributed by atoms with van der Waals surface area (Å²) in [6.07, 6.45) is -2.66. The number of nitrogens with one attached hydrogen (secondary N) is 2. The van der Waals surface area contributed by atoms with Crippen LogP contribution in [0, 0.1) is 5.92 Å². The lowest BCUT2D eigenvalue weighted by molar-refractivity contribution is -0.182. The number of benzene rings is 1. The molecule has 1 aliphatic rings. The summed E-state index contributed by atoms with van der Waals surface area (Å²) in [7, 11) is 1.66. The highest BCUT2D eigenvalue weighted by molar-refractivity contribution is 9.10. The Morgan fingerprint density at radius 2 is 1.78 bits per heavy atom. The second-order valence-corrected chi connectivity index (χ2v) is 6.70. The molecule has 0 aromatic heterocycles. The van der Waals surface area contributed by atoms with E-state index in [-0.39, 0.29) is 18.9 Å². The molecule has 1 saturated carbocycles. The minimum atomic E-state index is -4.06. The van der Waals surface area contributed by atoms with Crippen molar-refractivity contribution in [2.75, 3.05) is 7.05 Å². The maximum absolute atomic E-state index is 12.7. The summed E-state index contributed by atoms with van der Waals surface area (Å²) in [5.41, 5.74) is 1.11. The summed E-state index contributed by atoms with van der Waals surface area (Å²) in [5.74, 6) is -0.526. The smallest absolute Gasteiger partial charge is 0.354 e. The number of halogens is 4. The van der Waals surface area contributed by atoms with Gasteiger partial charge in [-0.05, 0) is 43.4 Å². The van der Waals surface area contributed by atoms with E-state index < -0.39 is 12.1 Å². The maximum Gasteiger partial charge on any atom is 0.391 e. The number of guanidine groups is 1. The molecule has 2 N–H and O–H groups in total. The molecule has 0 aliphatic heterocycles. The van der Waals surface area contributed by atoms with Crippen molar-refractivity contribution in [2.45, 2.75) is 44.4 Å². The molecule has 0 amide bonds. The summed E-state index contributed by atoms with van der Waals surface area (Å²) in [6.45, 7) is 0.616. The van der Waals surface area contributed by atoms with E-state index in [0.717, 1.165) is 10.0 Å². The molecule has 1 aliphatic carbocycles. The van der Waals surface area contributed by atoms with Gasteiger partial charge in [0.2, 0.25) is 0 Å². The minimum absolute atomic E-state index is 0.0460. The number of rotatable bonds is 3. The normalized spacial score (nSPS) is 22.7. The summed E-state index contributed by atoms with van der Waals surface area (Å²) >= 11 is 3.39. The lowest BCUT2D eigenvalue weighted by atomic mass is 9.85. The van der Waals surface area contributed by atoms with Gasteiger partial charge in [0.25, 0.3) is 0 Å². The Morgan fingerprint density at radius 3 is 2.30 bits per heavy atom. The third-order valence-corrected chi connectivity index (χ3v) is 4.66. The van der Waals surface area contributed by atoms with Gasteiger partial charge in [0, 0.05) is 24.1 Å². The lowest BCUT2D eigenvalue weighted by Gasteiger charge is -2.31. The third-order valence-electron chi connectivity index (χ3n) is 4.13. The van der Waals surface area contributed by atoms with Gasteiger partial charge in [-0.3, -0.25) is 4.99 Å². The first-order valence-electron chi connectivity index (χ1n) is 7.67. The molecule has 0 heterocycles. The van der Waals surface area contributed by atoms with Crippen LogP contribution in [0.25, 0.3) is 0 Å². The second-order valence-electron chi connectivity index (χ2n) is 5.79. The monoisotopic (exact) mass is 391 g/mol. The Labute approximate surface area is 142 Å². The van der Waals surface area contributed by atoms with E-state index in [1.165, 1.54) is 0 Å². The molecular weight excluding hydrogens is 371 g/mol. The highest BCUT2D eigenvalue weighted by atomic mass is 79.9. The summed E-state index contributed by atoms with van der Waals surface area (Å²) in [5, 5.41) is 6.42. The van der Waals surface area contributed by atoms with E-state index in [1.807, 2.05) is 24.3 Å². The molecule has 0 saturated heterocycles. The van der Waals surface area contributed by atoms with E-state index >= 15 is 0 Å². The molecule has 1 aromatic carbocycles. The molecule has 0 bridgehead atoms. The molecule has 128 valence electrons. The molecule has 0 atom stereocenters. The number of nitrogens with zero attached hydrogens (tertiary/aromatic N) is 1. The molecule has 1 fully saturated rings. The maximum atomic E-state index is 12.7. The SMILES string of the molecule is CN=C(NCc1ccc(Br)cc1)NC1CCC(C(F)(F)F)CC1. The van der Waals surface area contributed by atoms with Crippen LogP contribution in [0.4, 0.5) is 13.2 Å². The van der Waals surface area contributed by atoms with Crippen molar-refractivity contribution >= 4 is 21.9 Å². The van der Waals surface area contributed by atoms with E-state index in [9.17, 15) is 13.2 Å². The second kappa shape index (κ2) is 8.04. The van der Waals surface area contributed by atoms with Crippen LogP contribution < -0.4 is 10.6 Å². The summed E-state index contributed by atoms with van der Waals surface area (Å²) in [6, 6.07) is 7.97. The van der Waals surface area contributed by atoms with Crippen molar-refractivity contribution in [1.29, 1.82) is 0 Å². The predicted octanol–water partition coefficient (Wildman–Crippen LogP) is 4.24. The van der Waals surface area contributed by atoms with Crippen LogP contribution in [-0.2, 0) is 6.54 Å². The first kappa shape index (κ1) is 18.1. The van der Waals surface area contributed by atoms with Gasteiger partial charge >= 0.3 is 6.18 Å². The summed E-state index contributed by atoms with van der Waals surface area (Å²) < 4.78 is 39.0. The van der Waals surface area contributed by atoms with Crippen LogP contribution in [0.3, 0.4) is 0 Å². The quantitative estimate of drug-likeness (QED) is 0.597. The highest BCUT2D eigenvalue weighted by Gasteiger charge is 2.41. The van der Waals surface area contributed by atoms with Crippen molar-refractivity contribution in [3.8, 4) is 0 Å². The van der Waals surface area contributed by atoms with Crippen LogP contribution in [0.1, 0.15) is 31.2 Å².